The molecular formula is C32H42N4O4S. The van der Waals surface area contributed by atoms with Gasteiger partial charge in [-0.2, -0.15) is 0 Å². The second kappa shape index (κ2) is 12.4. The lowest BCUT2D eigenvalue weighted by atomic mass is 9.70. The summed E-state index contributed by atoms with van der Waals surface area (Å²) in [6, 6.07) is 16.2. The van der Waals surface area contributed by atoms with E-state index in [-0.39, 0.29) is 29.6 Å². The smallest absolute Gasteiger partial charge is 0.248 e. The molecule has 0 saturated carbocycles. The van der Waals surface area contributed by atoms with Gasteiger partial charge in [-0.3, -0.25) is 14.4 Å². The van der Waals surface area contributed by atoms with Crippen molar-refractivity contribution in [2.24, 2.45) is 11.8 Å². The molecule has 8 nitrogen and oxygen atoms in total. The number of amides is 3. The molecule has 6 atom stereocenters. The Hall–Kier alpha value is -3.04. The van der Waals surface area contributed by atoms with Crippen molar-refractivity contribution in [3.05, 3.63) is 60.2 Å². The van der Waals surface area contributed by atoms with Crippen molar-refractivity contribution in [3.8, 4) is 0 Å². The molecule has 2 unspecified atom stereocenters. The lowest BCUT2D eigenvalue weighted by Crippen LogP contribution is -2.55. The van der Waals surface area contributed by atoms with Crippen molar-refractivity contribution in [2.45, 2.75) is 68.5 Å². The van der Waals surface area contributed by atoms with Gasteiger partial charge in [-0.1, -0.05) is 37.3 Å². The number of likely N-dealkylation sites (tertiary alicyclic amines) is 1. The topological polar surface area (TPSA) is 102 Å². The molecule has 2 aromatic carbocycles. The number of hydrogen-bond acceptors (Lipinski definition) is 6. The van der Waals surface area contributed by atoms with E-state index in [1.807, 2.05) is 61.5 Å². The van der Waals surface area contributed by atoms with Crippen LogP contribution in [0, 0.1) is 11.8 Å². The van der Waals surface area contributed by atoms with Gasteiger partial charge in [-0.15, -0.1) is 11.8 Å². The molecule has 5 rings (SSSR count). The molecular weight excluding hydrogens is 536 g/mol. The van der Waals surface area contributed by atoms with Crippen molar-refractivity contribution >= 4 is 40.9 Å². The number of nitrogens with zero attached hydrogens (tertiary/aromatic N) is 2. The van der Waals surface area contributed by atoms with Crippen LogP contribution in [0.3, 0.4) is 0 Å². The summed E-state index contributed by atoms with van der Waals surface area (Å²) in [5.41, 5.74) is 2.73. The third-order valence-corrected chi connectivity index (χ3v) is 11.0. The van der Waals surface area contributed by atoms with Crippen molar-refractivity contribution in [2.75, 3.05) is 36.5 Å². The van der Waals surface area contributed by atoms with E-state index in [1.54, 1.807) is 16.7 Å². The fourth-order valence-corrected chi connectivity index (χ4v) is 9.35. The highest BCUT2D eigenvalue weighted by molar-refractivity contribution is 8.02. The Morgan fingerprint density at radius 2 is 1.78 bits per heavy atom. The summed E-state index contributed by atoms with van der Waals surface area (Å²) < 4.78 is -0.703. The summed E-state index contributed by atoms with van der Waals surface area (Å²) in [5, 5.41) is 16.7. The molecule has 2 aromatic rings. The van der Waals surface area contributed by atoms with E-state index in [2.05, 4.69) is 29.4 Å². The zero-order valence-electron chi connectivity index (χ0n) is 24.2. The quantitative estimate of drug-likeness (QED) is 0.355. The average Bonchev–Trinajstić information content (AvgIpc) is 3.64. The number of aliphatic hydroxyl groups is 1. The zero-order chi connectivity index (χ0) is 29.1. The van der Waals surface area contributed by atoms with Crippen LogP contribution in [0.15, 0.2) is 54.6 Å². The van der Waals surface area contributed by atoms with Crippen LogP contribution >= 0.6 is 11.8 Å². The summed E-state index contributed by atoms with van der Waals surface area (Å²) in [6.45, 7) is 8.29. The SMILES string of the molecule is CCCNC(=O)[C@@H]1[C@@H]2CCC3(S2)C(C(=O)Nc2ccc(N(CC)CC)cc2)N([C@@H](CO)Cc2ccccc2)C(=O)[C@H]13. The molecule has 3 amide bonds. The first-order valence-electron chi connectivity index (χ1n) is 15.0. The standard InChI is InChI=1S/C32H42N4O4S/c1-4-18-33-29(38)26-25-16-17-32(41-25)27(26)31(40)36(24(20-37)19-21-10-8-7-9-11-21)28(32)30(39)34-22-12-14-23(15-13-22)35(5-2)6-3/h7-15,24-28,37H,4-6,16-20H2,1-3H3,(H,33,38)(H,34,39)/t24-,25+,26-,27+,28?,32?/m1/s1. The van der Waals surface area contributed by atoms with Gasteiger partial charge in [0.05, 0.1) is 29.2 Å². The molecule has 0 aliphatic carbocycles. The van der Waals surface area contributed by atoms with Crippen LogP contribution < -0.4 is 15.5 Å². The van der Waals surface area contributed by atoms with E-state index in [9.17, 15) is 19.5 Å². The van der Waals surface area contributed by atoms with Crippen LogP contribution in [0.1, 0.15) is 45.6 Å². The number of hydrogen-bond donors (Lipinski definition) is 3. The van der Waals surface area contributed by atoms with Crippen molar-refractivity contribution in [1.82, 2.24) is 10.2 Å². The fraction of sp³-hybridized carbons (Fsp3) is 0.531. The predicted octanol–water partition coefficient (Wildman–Crippen LogP) is 3.69. The molecule has 0 aromatic heterocycles. The molecule has 3 aliphatic heterocycles. The van der Waals surface area contributed by atoms with Crippen LogP contribution in [-0.2, 0) is 20.8 Å². The number of benzene rings is 2. The average molecular weight is 579 g/mol. The van der Waals surface area contributed by atoms with Crippen LogP contribution in [-0.4, -0.2) is 76.0 Å². The van der Waals surface area contributed by atoms with Gasteiger partial charge in [0.1, 0.15) is 6.04 Å². The van der Waals surface area contributed by atoms with Gasteiger partial charge in [0.25, 0.3) is 0 Å². The first-order valence-corrected chi connectivity index (χ1v) is 15.8. The third kappa shape index (κ3) is 5.34. The second-order valence-electron chi connectivity index (χ2n) is 11.3. The number of carbonyl (C=O) groups is 3. The van der Waals surface area contributed by atoms with Crippen molar-refractivity contribution < 1.29 is 19.5 Å². The van der Waals surface area contributed by atoms with E-state index >= 15 is 0 Å². The number of carbonyl (C=O) groups excluding carboxylic acids is 3. The summed E-state index contributed by atoms with van der Waals surface area (Å²) in [7, 11) is 0. The summed E-state index contributed by atoms with van der Waals surface area (Å²) >= 11 is 1.65. The molecule has 220 valence electrons. The maximum Gasteiger partial charge on any atom is 0.248 e. The Bertz CT molecular complexity index is 1240. The molecule has 3 fully saturated rings. The van der Waals surface area contributed by atoms with Crippen molar-refractivity contribution in [3.63, 3.8) is 0 Å². The molecule has 3 heterocycles. The summed E-state index contributed by atoms with van der Waals surface area (Å²) in [4.78, 5) is 45.8. The number of fused-ring (bicyclic) bond motifs is 1. The van der Waals surface area contributed by atoms with Crippen LogP contribution in [0.5, 0.6) is 0 Å². The molecule has 41 heavy (non-hydrogen) atoms. The van der Waals surface area contributed by atoms with Crippen LogP contribution in [0.4, 0.5) is 11.4 Å². The van der Waals surface area contributed by atoms with E-state index in [4.69, 9.17) is 0 Å². The molecule has 0 radical (unpaired) electrons. The normalized spacial score (nSPS) is 27.0. The van der Waals surface area contributed by atoms with Gasteiger partial charge >= 0.3 is 0 Å². The Labute approximate surface area is 247 Å². The molecule has 3 saturated heterocycles. The maximum atomic E-state index is 14.3. The fourth-order valence-electron chi connectivity index (χ4n) is 7.14. The number of thioether (sulfide) groups is 1. The largest absolute Gasteiger partial charge is 0.394 e. The lowest BCUT2D eigenvalue weighted by Gasteiger charge is -2.37. The van der Waals surface area contributed by atoms with Gasteiger partial charge in [0.2, 0.25) is 17.7 Å². The van der Waals surface area contributed by atoms with E-state index in [0.29, 0.717) is 25.1 Å². The van der Waals surface area contributed by atoms with Gasteiger partial charge in [-0.05, 0) is 69.4 Å². The number of aliphatic hydroxyl groups excluding tert-OH is 1. The minimum Gasteiger partial charge on any atom is -0.394 e. The Kier molecular flexibility index (Phi) is 8.94. The van der Waals surface area contributed by atoms with E-state index < -0.39 is 28.7 Å². The van der Waals surface area contributed by atoms with Gasteiger partial charge in [0.15, 0.2) is 0 Å². The highest BCUT2D eigenvalue weighted by Crippen LogP contribution is 2.66. The molecule has 3 aliphatic rings. The lowest BCUT2D eigenvalue weighted by molar-refractivity contribution is -0.142. The first-order chi connectivity index (χ1) is 19.9. The van der Waals surface area contributed by atoms with E-state index in [0.717, 1.165) is 37.2 Å². The van der Waals surface area contributed by atoms with Gasteiger partial charge in [0, 0.05) is 36.3 Å². The van der Waals surface area contributed by atoms with E-state index in [1.165, 1.54) is 0 Å². The second-order valence-corrected chi connectivity index (χ2v) is 12.9. The monoisotopic (exact) mass is 578 g/mol. The molecule has 9 heteroatoms. The number of nitrogens with one attached hydrogen (secondary N) is 2. The first kappa shape index (κ1) is 29.5. The predicted molar refractivity (Wildman–Crippen MR) is 164 cm³/mol. The van der Waals surface area contributed by atoms with Gasteiger partial charge < -0.3 is 25.5 Å². The van der Waals surface area contributed by atoms with Crippen LogP contribution in [0.2, 0.25) is 0 Å². The van der Waals surface area contributed by atoms with Crippen LogP contribution in [0.25, 0.3) is 0 Å². The molecule has 3 N–H and O–H groups in total. The number of anilines is 2. The molecule has 2 bridgehead atoms. The summed E-state index contributed by atoms with van der Waals surface area (Å²) in [5.74, 6) is -1.61. The maximum absolute atomic E-state index is 14.3. The number of rotatable bonds is 12. The highest BCUT2D eigenvalue weighted by Gasteiger charge is 2.74. The van der Waals surface area contributed by atoms with Gasteiger partial charge in [-0.25, -0.2) is 0 Å². The minimum atomic E-state index is -0.790. The Morgan fingerprint density at radius 1 is 1.07 bits per heavy atom. The zero-order valence-corrected chi connectivity index (χ0v) is 25.0. The Balaban J connectivity index is 1.48. The highest BCUT2D eigenvalue weighted by atomic mass is 32.2. The minimum absolute atomic E-state index is 0.00769. The Morgan fingerprint density at radius 3 is 2.41 bits per heavy atom. The summed E-state index contributed by atoms with van der Waals surface area (Å²) in [6.07, 6.45) is 2.72. The third-order valence-electron chi connectivity index (χ3n) is 9.02. The molecule has 1 spiro atoms. The van der Waals surface area contributed by atoms with Crippen molar-refractivity contribution in [1.29, 1.82) is 0 Å².